The van der Waals surface area contributed by atoms with E-state index in [1.807, 2.05) is 0 Å². The van der Waals surface area contributed by atoms with E-state index in [1.54, 1.807) is 32.0 Å². The fraction of sp³-hybridized carbons (Fsp3) is 0.312. The Morgan fingerprint density at radius 3 is 2.62 bits per heavy atom. The summed E-state index contributed by atoms with van der Waals surface area (Å²) in [5.41, 5.74) is 1.01. The predicted molar refractivity (Wildman–Crippen MR) is 87.5 cm³/mol. The Labute approximate surface area is 143 Å². The molecular formula is C16H17ClN2O5. The topological polar surface area (TPSA) is 90.7 Å². The molecule has 1 aromatic heterocycles. The van der Waals surface area contributed by atoms with Crippen LogP contribution in [0.4, 0.5) is 5.69 Å². The van der Waals surface area contributed by atoms with Crippen LogP contribution >= 0.6 is 11.6 Å². The minimum atomic E-state index is -1.03. The standard InChI is InChI=1S/C16H17ClN2O5/c1-8-14(9(2)24-19-8)16(21)23-10(3)15(20)18-12-7-11(17)5-6-13(12)22-4/h5-7,10H,1-4H3,(H,18,20). The van der Waals surface area contributed by atoms with E-state index in [0.717, 1.165) is 0 Å². The van der Waals surface area contributed by atoms with Crippen LogP contribution in [0.25, 0.3) is 0 Å². The molecule has 0 bridgehead atoms. The third-order valence-corrected chi connectivity index (χ3v) is 3.55. The molecule has 2 aromatic rings. The first-order chi connectivity index (χ1) is 11.3. The number of hydrogen-bond acceptors (Lipinski definition) is 6. The molecule has 1 unspecified atom stereocenters. The highest BCUT2D eigenvalue weighted by atomic mass is 35.5. The van der Waals surface area contributed by atoms with Crippen molar-refractivity contribution in [3.63, 3.8) is 0 Å². The smallest absolute Gasteiger partial charge is 0.344 e. The lowest BCUT2D eigenvalue weighted by molar-refractivity contribution is -0.123. The van der Waals surface area contributed by atoms with E-state index in [-0.39, 0.29) is 5.56 Å². The quantitative estimate of drug-likeness (QED) is 0.831. The van der Waals surface area contributed by atoms with Crippen LogP contribution in [0.15, 0.2) is 22.7 Å². The second-order valence-electron chi connectivity index (χ2n) is 5.08. The summed E-state index contributed by atoms with van der Waals surface area (Å²) in [5, 5.41) is 6.74. The Bertz CT molecular complexity index is 752. The van der Waals surface area contributed by atoms with Crippen LogP contribution in [0, 0.1) is 13.8 Å². The molecule has 0 aliphatic heterocycles. The average molecular weight is 353 g/mol. The highest BCUT2D eigenvalue weighted by molar-refractivity contribution is 6.31. The van der Waals surface area contributed by atoms with Gasteiger partial charge in [0, 0.05) is 5.02 Å². The minimum Gasteiger partial charge on any atom is -0.495 e. The number of nitrogens with zero attached hydrogens (tertiary/aromatic N) is 1. The van der Waals surface area contributed by atoms with Gasteiger partial charge in [-0.15, -0.1) is 0 Å². The zero-order valence-electron chi connectivity index (χ0n) is 13.7. The summed E-state index contributed by atoms with van der Waals surface area (Å²) in [6, 6.07) is 4.80. The molecule has 2 rings (SSSR count). The molecule has 1 heterocycles. The Hall–Kier alpha value is -2.54. The second kappa shape index (κ2) is 7.35. The molecule has 7 nitrogen and oxygen atoms in total. The van der Waals surface area contributed by atoms with Gasteiger partial charge in [0.1, 0.15) is 17.1 Å². The van der Waals surface area contributed by atoms with Crippen molar-refractivity contribution in [3.8, 4) is 5.75 Å². The van der Waals surface area contributed by atoms with Crippen molar-refractivity contribution in [2.45, 2.75) is 26.9 Å². The number of hydrogen-bond donors (Lipinski definition) is 1. The number of aryl methyl sites for hydroxylation is 2. The maximum Gasteiger partial charge on any atom is 0.344 e. The molecule has 0 saturated heterocycles. The lowest BCUT2D eigenvalue weighted by Crippen LogP contribution is -2.30. The number of esters is 1. The van der Waals surface area contributed by atoms with E-state index in [2.05, 4.69) is 10.5 Å². The number of aromatic nitrogens is 1. The number of anilines is 1. The molecule has 0 aliphatic rings. The Balaban J connectivity index is 2.08. The highest BCUT2D eigenvalue weighted by Gasteiger charge is 2.24. The van der Waals surface area contributed by atoms with Crippen molar-refractivity contribution in [2.24, 2.45) is 0 Å². The lowest BCUT2D eigenvalue weighted by atomic mass is 10.2. The largest absolute Gasteiger partial charge is 0.495 e. The third-order valence-electron chi connectivity index (χ3n) is 3.31. The molecule has 0 radical (unpaired) electrons. The number of nitrogens with one attached hydrogen (secondary N) is 1. The van der Waals surface area contributed by atoms with Gasteiger partial charge < -0.3 is 19.3 Å². The molecule has 8 heteroatoms. The van der Waals surface area contributed by atoms with Crippen molar-refractivity contribution in [1.82, 2.24) is 5.16 Å². The molecule has 1 aromatic carbocycles. The summed E-state index contributed by atoms with van der Waals surface area (Å²) < 4.78 is 15.2. The van der Waals surface area contributed by atoms with Crippen LogP contribution in [0.1, 0.15) is 28.7 Å². The van der Waals surface area contributed by atoms with E-state index in [1.165, 1.54) is 14.0 Å². The number of ether oxygens (including phenoxy) is 2. The minimum absolute atomic E-state index is 0.218. The van der Waals surface area contributed by atoms with Gasteiger partial charge >= 0.3 is 5.97 Å². The zero-order chi connectivity index (χ0) is 17.9. The summed E-state index contributed by atoms with van der Waals surface area (Å²) >= 11 is 5.91. The lowest BCUT2D eigenvalue weighted by Gasteiger charge is -2.15. The number of benzene rings is 1. The number of carbonyl (C=O) groups is 2. The van der Waals surface area contributed by atoms with Gasteiger partial charge in [-0.2, -0.15) is 0 Å². The predicted octanol–water partition coefficient (Wildman–Crippen LogP) is 3.14. The van der Waals surface area contributed by atoms with Crippen LogP contribution in [0.3, 0.4) is 0 Å². The van der Waals surface area contributed by atoms with Crippen LogP contribution in [0.2, 0.25) is 5.02 Å². The fourth-order valence-electron chi connectivity index (χ4n) is 2.06. The van der Waals surface area contributed by atoms with Crippen molar-refractivity contribution >= 4 is 29.2 Å². The SMILES string of the molecule is COc1ccc(Cl)cc1NC(=O)C(C)OC(=O)c1c(C)noc1C. The van der Waals surface area contributed by atoms with Crippen molar-refractivity contribution in [3.05, 3.63) is 40.2 Å². The Morgan fingerprint density at radius 1 is 1.33 bits per heavy atom. The van der Waals surface area contributed by atoms with Gasteiger partial charge in [0.25, 0.3) is 5.91 Å². The first-order valence-electron chi connectivity index (χ1n) is 7.11. The van der Waals surface area contributed by atoms with Crippen LogP contribution in [-0.2, 0) is 9.53 Å². The molecule has 128 valence electrons. The molecule has 0 saturated carbocycles. The van der Waals surface area contributed by atoms with Gasteiger partial charge in [-0.3, -0.25) is 4.79 Å². The van der Waals surface area contributed by atoms with Gasteiger partial charge in [0.2, 0.25) is 0 Å². The molecule has 1 N–H and O–H groups in total. The highest BCUT2D eigenvalue weighted by Crippen LogP contribution is 2.28. The van der Waals surface area contributed by atoms with Gasteiger partial charge in [-0.25, -0.2) is 4.79 Å². The summed E-state index contributed by atoms with van der Waals surface area (Å²) in [6.07, 6.45) is -1.03. The summed E-state index contributed by atoms with van der Waals surface area (Å²) in [4.78, 5) is 24.4. The summed E-state index contributed by atoms with van der Waals surface area (Å²) in [7, 11) is 1.47. The van der Waals surface area contributed by atoms with Crippen molar-refractivity contribution in [2.75, 3.05) is 12.4 Å². The van der Waals surface area contributed by atoms with Crippen molar-refractivity contribution < 1.29 is 23.6 Å². The van der Waals surface area contributed by atoms with Gasteiger partial charge in [0.15, 0.2) is 6.10 Å². The summed E-state index contributed by atoms with van der Waals surface area (Å²) in [6.45, 7) is 4.68. The summed E-state index contributed by atoms with van der Waals surface area (Å²) in [5.74, 6) is -0.416. The van der Waals surface area contributed by atoms with Crippen LogP contribution in [-0.4, -0.2) is 30.2 Å². The van der Waals surface area contributed by atoms with Gasteiger partial charge in [-0.05, 0) is 39.0 Å². The first kappa shape index (κ1) is 17.8. The van der Waals surface area contributed by atoms with E-state index in [4.69, 9.17) is 25.6 Å². The number of rotatable bonds is 5. The molecule has 0 fully saturated rings. The number of halogens is 1. The maximum absolute atomic E-state index is 12.2. The van der Waals surface area contributed by atoms with Gasteiger partial charge in [0.05, 0.1) is 18.5 Å². The van der Waals surface area contributed by atoms with Crippen molar-refractivity contribution in [1.29, 1.82) is 0 Å². The molecule has 0 aliphatic carbocycles. The molecule has 0 spiro atoms. The van der Waals surface area contributed by atoms with E-state index >= 15 is 0 Å². The first-order valence-corrected chi connectivity index (χ1v) is 7.49. The molecule has 24 heavy (non-hydrogen) atoms. The normalized spacial score (nSPS) is 11.7. The molecular weight excluding hydrogens is 336 g/mol. The van der Waals surface area contributed by atoms with E-state index in [9.17, 15) is 9.59 Å². The second-order valence-corrected chi connectivity index (χ2v) is 5.52. The monoisotopic (exact) mass is 352 g/mol. The molecule has 1 amide bonds. The van der Waals surface area contributed by atoms with Crippen LogP contribution in [0.5, 0.6) is 5.75 Å². The Kier molecular flexibility index (Phi) is 5.46. The van der Waals surface area contributed by atoms with Gasteiger partial charge in [-0.1, -0.05) is 16.8 Å². The molecule has 1 atom stereocenters. The van der Waals surface area contributed by atoms with E-state index < -0.39 is 18.0 Å². The fourth-order valence-corrected chi connectivity index (χ4v) is 2.23. The zero-order valence-corrected chi connectivity index (χ0v) is 14.4. The number of carbonyl (C=O) groups excluding carboxylic acids is 2. The number of amides is 1. The Morgan fingerprint density at radius 2 is 2.04 bits per heavy atom. The maximum atomic E-state index is 12.2. The van der Waals surface area contributed by atoms with E-state index in [0.29, 0.717) is 27.9 Å². The third kappa shape index (κ3) is 3.86. The number of methoxy groups -OCH3 is 1. The average Bonchev–Trinajstić information content (AvgIpc) is 2.86. The van der Waals surface area contributed by atoms with Crippen LogP contribution < -0.4 is 10.1 Å².